The second-order valence-electron chi connectivity index (χ2n) is 6.19. The van der Waals surface area contributed by atoms with Gasteiger partial charge in [-0.3, -0.25) is 9.69 Å². The van der Waals surface area contributed by atoms with Crippen molar-refractivity contribution in [3.05, 3.63) is 29.3 Å². The number of anilines is 1. The second-order valence-corrected chi connectivity index (χ2v) is 6.19. The van der Waals surface area contributed by atoms with Crippen molar-refractivity contribution in [1.29, 1.82) is 0 Å². The molecule has 3 rings (SSSR count). The summed E-state index contributed by atoms with van der Waals surface area (Å²) >= 11 is 0. The van der Waals surface area contributed by atoms with E-state index in [1.54, 1.807) is 0 Å². The van der Waals surface area contributed by atoms with Gasteiger partial charge in [0.15, 0.2) is 5.78 Å². The first kappa shape index (κ1) is 14.5. The molecule has 2 heterocycles. The summed E-state index contributed by atoms with van der Waals surface area (Å²) in [7, 11) is 2.12. The van der Waals surface area contributed by atoms with E-state index in [9.17, 15) is 4.79 Å². The molecule has 1 saturated heterocycles. The fourth-order valence-corrected chi connectivity index (χ4v) is 3.39. The summed E-state index contributed by atoms with van der Waals surface area (Å²) in [6.45, 7) is 6.99. The standard InChI is InChI=1S/C17H25N3O/c1-13(20-10-7-18-8-11-20)17(21)15-6-5-14-4-3-9-19(2)16(14)12-15/h5-6,12-13,18H,3-4,7-11H2,1-2H3. The van der Waals surface area contributed by atoms with Crippen LogP contribution in [0.2, 0.25) is 0 Å². The largest absolute Gasteiger partial charge is 0.374 e. The molecule has 114 valence electrons. The van der Waals surface area contributed by atoms with Gasteiger partial charge in [-0.25, -0.2) is 0 Å². The minimum Gasteiger partial charge on any atom is -0.374 e. The van der Waals surface area contributed by atoms with E-state index in [-0.39, 0.29) is 11.8 Å². The molecule has 1 aromatic rings. The van der Waals surface area contributed by atoms with E-state index in [1.807, 2.05) is 13.0 Å². The highest BCUT2D eigenvalue weighted by molar-refractivity contribution is 6.00. The maximum Gasteiger partial charge on any atom is 0.179 e. The molecule has 1 N–H and O–H groups in total. The van der Waals surface area contributed by atoms with Crippen molar-refractivity contribution in [3.63, 3.8) is 0 Å². The average Bonchev–Trinajstić information content (AvgIpc) is 2.54. The number of aryl methyl sites for hydroxylation is 1. The van der Waals surface area contributed by atoms with Gasteiger partial charge in [-0.05, 0) is 31.4 Å². The maximum atomic E-state index is 12.8. The van der Waals surface area contributed by atoms with E-state index in [4.69, 9.17) is 0 Å². The van der Waals surface area contributed by atoms with Crippen LogP contribution >= 0.6 is 0 Å². The lowest BCUT2D eigenvalue weighted by molar-refractivity contribution is 0.0820. The lowest BCUT2D eigenvalue weighted by atomic mass is 9.96. The van der Waals surface area contributed by atoms with Gasteiger partial charge in [0.25, 0.3) is 0 Å². The van der Waals surface area contributed by atoms with Crippen molar-refractivity contribution in [2.45, 2.75) is 25.8 Å². The van der Waals surface area contributed by atoms with E-state index in [0.717, 1.165) is 44.7 Å². The Balaban J connectivity index is 1.79. The predicted octanol–water partition coefficient (Wildman–Crippen LogP) is 1.55. The number of hydrogen-bond donors (Lipinski definition) is 1. The van der Waals surface area contributed by atoms with E-state index >= 15 is 0 Å². The van der Waals surface area contributed by atoms with Crippen LogP contribution in [0.25, 0.3) is 0 Å². The van der Waals surface area contributed by atoms with E-state index < -0.39 is 0 Å². The van der Waals surface area contributed by atoms with Crippen molar-refractivity contribution in [1.82, 2.24) is 10.2 Å². The Bertz CT molecular complexity index is 523. The molecule has 1 aromatic carbocycles. The smallest absolute Gasteiger partial charge is 0.179 e. The van der Waals surface area contributed by atoms with E-state index in [1.165, 1.54) is 17.7 Å². The Morgan fingerprint density at radius 1 is 1.24 bits per heavy atom. The average molecular weight is 287 g/mol. The van der Waals surface area contributed by atoms with Gasteiger partial charge in [0.2, 0.25) is 0 Å². The molecule has 0 bridgehead atoms. The lowest BCUT2D eigenvalue weighted by Gasteiger charge is -2.32. The number of fused-ring (bicyclic) bond motifs is 1. The molecule has 4 heteroatoms. The molecule has 2 aliphatic heterocycles. The number of carbonyl (C=O) groups excluding carboxylic acids is 1. The zero-order valence-electron chi connectivity index (χ0n) is 13.1. The SMILES string of the molecule is CC(C(=O)c1ccc2c(c1)N(C)CCC2)N1CCNCC1. The number of benzene rings is 1. The number of rotatable bonds is 3. The molecule has 0 aliphatic carbocycles. The molecule has 4 nitrogen and oxygen atoms in total. The van der Waals surface area contributed by atoms with Crippen LogP contribution in [-0.2, 0) is 6.42 Å². The van der Waals surface area contributed by atoms with Crippen LogP contribution in [0.1, 0.15) is 29.3 Å². The van der Waals surface area contributed by atoms with Crippen LogP contribution < -0.4 is 10.2 Å². The van der Waals surface area contributed by atoms with Gasteiger partial charge in [-0.1, -0.05) is 12.1 Å². The number of nitrogens with zero attached hydrogens (tertiary/aromatic N) is 2. The fraction of sp³-hybridized carbons (Fsp3) is 0.588. The van der Waals surface area contributed by atoms with E-state index in [2.05, 4.69) is 34.3 Å². The Hall–Kier alpha value is -1.39. The van der Waals surface area contributed by atoms with Crippen molar-refractivity contribution in [2.24, 2.45) is 0 Å². The van der Waals surface area contributed by atoms with Gasteiger partial charge in [-0.15, -0.1) is 0 Å². The summed E-state index contributed by atoms with van der Waals surface area (Å²) in [4.78, 5) is 17.3. The molecule has 1 unspecified atom stereocenters. The molecule has 1 fully saturated rings. The number of ketones is 1. The van der Waals surface area contributed by atoms with Crippen molar-refractivity contribution >= 4 is 11.5 Å². The van der Waals surface area contributed by atoms with Gasteiger partial charge < -0.3 is 10.2 Å². The Morgan fingerprint density at radius 2 is 2.00 bits per heavy atom. The van der Waals surface area contributed by atoms with Gasteiger partial charge >= 0.3 is 0 Å². The van der Waals surface area contributed by atoms with Crippen LogP contribution in [0.15, 0.2) is 18.2 Å². The van der Waals surface area contributed by atoms with Crippen molar-refractivity contribution < 1.29 is 4.79 Å². The third-order valence-electron chi connectivity index (χ3n) is 4.80. The first-order valence-electron chi connectivity index (χ1n) is 8.00. The molecule has 1 atom stereocenters. The van der Waals surface area contributed by atoms with Crippen LogP contribution in [0, 0.1) is 0 Å². The maximum absolute atomic E-state index is 12.8. The minimum absolute atomic E-state index is 0.0287. The molecular formula is C17H25N3O. The summed E-state index contributed by atoms with van der Waals surface area (Å²) in [5.41, 5.74) is 3.46. The molecular weight excluding hydrogens is 262 g/mol. The van der Waals surface area contributed by atoms with Crippen LogP contribution in [0.5, 0.6) is 0 Å². The van der Waals surface area contributed by atoms with Gasteiger partial charge in [-0.2, -0.15) is 0 Å². The highest BCUT2D eigenvalue weighted by Gasteiger charge is 2.25. The molecule has 0 aromatic heterocycles. The topological polar surface area (TPSA) is 35.6 Å². The predicted molar refractivity (Wildman–Crippen MR) is 86.3 cm³/mol. The summed E-state index contributed by atoms with van der Waals surface area (Å²) in [5, 5.41) is 3.34. The normalized spacial score (nSPS) is 21.0. The summed E-state index contributed by atoms with van der Waals surface area (Å²) < 4.78 is 0. The summed E-state index contributed by atoms with van der Waals surface area (Å²) in [5.74, 6) is 0.249. The molecule has 0 radical (unpaired) electrons. The highest BCUT2D eigenvalue weighted by atomic mass is 16.1. The Kier molecular flexibility index (Phi) is 4.27. The first-order valence-corrected chi connectivity index (χ1v) is 8.00. The van der Waals surface area contributed by atoms with Crippen LogP contribution in [0.3, 0.4) is 0 Å². The first-order chi connectivity index (χ1) is 10.2. The number of Topliss-reactive ketones (excluding diaryl/α,β-unsaturated/α-hetero) is 1. The van der Waals surface area contributed by atoms with Gasteiger partial charge in [0, 0.05) is 51.0 Å². The monoisotopic (exact) mass is 287 g/mol. The van der Waals surface area contributed by atoms with Crippen LogP contribution in [-0.4, -0.2) is 56.5 Å². The van der Waals surface area contributed by atoms with Crippen molar-refractivity contribution in [3.8, 4) is 0 Å². The quantitative estimate of drug-likeness (QED) is 0.856. The summed E-state index contributed by atoms with van der Waals surface area (Å²) in [6, 6.07) is 6.22. The van der Waals surface area contributed by atoms with E-state index in [0.29, 0.717) is 0 Å². The Labute approximate surface area is 127 Å². The molecule has 0 spiro atoms. The Morgan fingerprint density at radius 3 is 2.76 bits per heavy atom. The number of nitrogens with one attached hydrogen (secondary N) is 1. The third kappa shape index (κ3) is 2.97. The molecule has 21 heavy (non-hydrogen) atoms. The number of hydrogen-bond acceptors (Lipinski definition) is 4. The lowest BCUT2D eigenvalue weighted by Crippen LogP contribution is -2.50. The molecule has 0 amide bonds. The molecule has 2 aliphatic rings. The fourth-order valence-electron chi connectivity index (χ4n) is 3.39. The van der Waals surface area contributed by atoms with Gasteiger partial charge in [0.05, 0.1) is 6.04 Å². The second kappa shape index (κ2) is 6.16. The minimum atomic E-state index is -0.0287. The third-order valence-corrected chi connectivity index (χ3v) is 4.80. The highest BCUT2D eigenvalue weighted by Crippen LogP contribution is 2.27. The van der Waals surface area contributed by atoms with Crippen LogP contribution in [0.4, 0.5) is 5.69 Å². The number of piperazine rings is 1. The van der Waals surface area contributed by atoms with Gasteiger partial charge in [0.1, 0.15) is 0 Å². The zero-order valence-corrected chi connectivity index (χ0v) is 13.1. The van der Waals surface area contributed by atoms with Crippen molar-refractivity contribution in [2.75, 3.05) is 44.7 Å². The summed E-state index contributed by atoms with van der Waals surface area (Å²) in [6.07, 6.45) is 2.33. The molecule has 0 saturated carbocycles. The zero-order chi connectivity index (χ0) is 14.8. The number of carbonyl (C=O) groups is 1.